The van der Waals surface area contributed by atoms with Crippen LogP contribution < -0.4 is 4.74 Å². The number of nitrogens with zero attached hydrogens (tertiary/aromatic N) is 1. The molecule has 0 bridgehead atoms. The Morgan fingerprint density at radius 1 is 1.35 bits per heavy atom. The van der Waals surface area contributed by atoms with Crippen molar-refractivity contribution in [3.63, 3.8) is 0 Å². The van der Waals surface area contributed by atoms with Crippen molar-refractivity contribution in [2.24, 2.45) is 0 Å². The predicted molar refractivity (Wildman–Crippen MR) is 73.3 cm³/mol. The van der Waals surface area contributed by atoms with Gasteiger partial charge in [-0.25, -0.2) is 0 Å². The summed E-state index contributed by atoms with van der Waals surface area (Å²) >= 11 is 3.54. The van der Waals surface area contributed by atoms with E-state index >= 15 is 0 Å². The van der Waals surface area contributed by atoms with Crippen LogP contribution in [0.25, 0.3) is 0 Å². The smallest absolute Gasteiger partial charge is 0.181 e. The van der Waals surface area contributed by atoms with Crippen LogP contribution in [0.3, 0.4) is 0 Å². The normalized spacial score (nSPS) is 13.0. The summed E-state index contributed by atoms with van der Waals surface area (Å²) in [5.74, 6) is 0.798. The molecule has 3 heteroatoms. The van der Waals surface area contributed by atoms with Gasteiger partial charge in [0.15, 0.2) is 6.10 Å². The SMILES string of the molecule is Cc1cc(OC(C)C#N)c(C(C)(C)C)cc1Br. The van der Waals surface area contributed by atoms with Crippen LogP contribution in [-0.2, 0) is 5.41 Å². The molecule has 2 nitrogen and oxygen atoms in total. The van der Waals surface area contributed by atoms with Crippen LogP contribution in [0, 0.1) is 18.3 Å². The van der Waals surface area contributed by atoms with E-state index in [1.807, 2.05) is 13.0 Å². The van der Waals surface area contributed by atoms with Crippen molar-refractivity contribution in [3.05, 3.63) is 27.7 Å². The van der Waals surface area contributed by atoms with Gasteiger partial charge < -0.3 is 4.74 Å². The lowest BCUT2D eigenvalue weighted by Crippen LogP contribution is -2.17. The molecule has 1 aromatic rings. The zero-order valence-electron chi connectivity index (χ0n) is 11.0. The Kier molecular flexibility index (Phi) is 4.21. The molecule has 1 rings (SSSR count). The lowest BCUT2D eigenvalue weighted by molar-refractivity contribution is 0.269. The molecular formula is C14H18BrNO. The molecule has 1 aromatic carbocycles. The molecule has 92 valence electrons. The monoisotopic (exact) mass is 295 g/mol. The highest BCUT2D eigenvalue weighted by molar-refractivity contribution is 9.10. The zero-order valence-corrected chi connectivity index (χ0v) is 12.6. The van der Waals surface area contributed by atoms with E-state index in [-0.39, 0.29) is 5.41 Å². The molecule has 0 aliphatic heterocycles. The third-order valence-corrected chi connectivity index (χ3v) is 3.41. The quantitative estimate of drug-likeness (QED) is 0.813. The topological polar surface area (TPSA) is 33.0 Å². The number of aryl methyl sites for hydroxylation is 1. The molecule has 0 aliphatic carbocycles. The lowest BCUT2D eigenvalue weighted by atomic mass is 9.86. The Bertz CT molecular complexity index is 455. The predicted octanol–water partition coefficient (Wildman–Crippen LogP) is 4.35. The van der Waals surface area contributed by atoms with Gasteiger partial charge >= 0.3 is 0 Å². The molecule has 0 N–H and O–H groups in total. The summed E-state index contributed by atoms with van der Waals surface area (Å²) in [6.07, 6.45) is -0.434. The summed E-state index contributed by atoms with van der Waals surface area (Å²) in [4.78, 5) is 0. The number of hydrogen-bond donors (Lipinski definition) is 0. The van der Waals surface area contributed by atoms with Gasteiger partial charge in [0.1, 0.15) is 11.8 Å². The Balaban J connectivity index is 3.27. The summed E-state index contributed by atoms with van der Waals surface area (Å²) in [6.45, 7) is 10.2. The fourth-order valence-corrected chi connectivity index (χ4v) is 1.90. The highest BCUT2D eigenvalue weighted by Gasteiger charge is 2.21. The van der Waals surface area contributed by atoms with Crippen molar-refractivity contribution < 1.29 is 4.74 Å². The van der Waals surface area contributed by atoms with Gasteiger partial charge in [-0.15, -0.1) is 0 Å². The van der Waals surface area contributed by atoms with E-state index in [1.165, 1.54) is 0 Å². The second kappa shape index (κ2) is 5.10. The molecule has 0 saturated carbocycles. The second-order valence-electron chi connectivity index (χ2n) is 5.24. The molecule has 0 radical (unpaired) electrons. The molecule has 1 atom stereocenters. The van der Waals surface area contributed by atoms with E-state index in [1.54, 1.807) is 6.92 Å². The van der Waals surface area contributed by atoms with Crippen LogP contribution in [0.1, 0.15) is 38.8 Å². The highest BCUT2D eigenvalue weighted by atomic mass is 79.9. The first kappa shape index (κ1) is 14.1. The first-order chi connectivity index (χ1) is 7.75. The van der Waals surface area contributed by atoms with Crippen LogP contribution >= 0.6 is 15.9 Å². The van der Waals surface area contributed by atoms with Gasteiger partial charge in [-0.2, -0.15) is 5.26 Å². The molecule has 17 heavy (non-hydrogen) atoms. The van der Waals surface area contributed by atoms with Crippen molar-refractivity contribution in [1.29, 1.82) is 5.26 Å². The summed E-state index contributed by atoms with van der Waals surface area (Å²) in [5.41, 5.74) is 2.20. The van der Waals surface area contributed by atoms with Crippen LogP contribution in [0.4, 0.5) is 0 Å². The fourth-order valence-electron chi connectivity index (χ4n) is 1.56. The van der Waals surface area contributed by atoms with Crippen LogP contribution in [-0.4, -0.2) is 6.10 Å². The highest BCUT2D eigenvalue weighted by Crippen LogP contribution is 2.35. The Hall–Kier alpha value is -1.01. The number of benzene rings is 1. The molecule has 0 heterocycles. The third kappa shape index (κ3) is 3.47. The average molecular weight is 296 g/mol. The largest absolute Gasteiger partial charge is 0.476 e. The van der Waals surface area contributed by atoms with Gasteiger partial charge in [-0.1, -0.05) is 36.7 Å². The van der Waals surface area contributed by atoms with Gasteiger partial charge in [0, 0.05) is 10.0 Å². The minimum absolute atomic E-state index is 0.0132. The van der Waals surface area contributed by atoms with E-state index in [2.05, 4.69) is 48.8 Å². The van der Waals surface area contributed by atoms with Gasteiger partial charge in [0.25, 0.3) is 0 Å². The number of hydrogen-bond acceptors (Lipinski definition) is 2. The van der Waals surface area contributed by atoms with Gasteiger partial charge in [-0.3, -0.25) is 0 Å². The van der Waals surface area contributed by atoms with E-state index in [9.17, 15) is 0 Å². The maximum Gasteiger partial charge on any atom is 0.181 e. The minimum atomic E-state index is -0.434. The van der Waals surface area contributed by atoms with Crippen molar-refractivity contribution in [3.8, 4) is 11.8 Å². The fraction of sp³-hybridized carbons (Fsp3) is 0.500. The van der Waals surface area contributed by atoms with Crippen LogP contribution in [0.2, 0.25) is 0 Å². The van der Waals surface area contributed by atoms with Crippen LogP contribution in [0.5, 0.6) is 5.75 Å². The van der Waals surface area contributed by atoms with Crippen molar-refractivity contribution >= 4 is 15.9 Å². The first-order valence-electron chi connectivity index (χ1n) is 5.62. The molecule has 0 aliphatic rings. The molecule has 0 aromatic heterocycles. The van der Waals surface area contributed by atoms with Crippen LogP contribution in [0.15, 0.2) is 16.6 Å². The maximum atomic E-state index is 8.83. The lowest BCUT2D eigenvalue weighted by Gasteiger charge is -2.24. The summed E-state index contributed by atoms with van der Waals surface area (Å²) < 4.78 is 6.74. The Morgan fingerprint density at radius 3 is 2.41 bits per heavy atom. The zero-order chi connectivity index (χ0) is 13.2. The standard InChI is InChI=1S/C14H18BrNO/c1-9-6-13(17-10(2)8-16)11(7-12(9)15)14(3,4)5/h6-7,10H,1-5H3. The maximum absolute atomic E-state index is 8.83. The van der Waals surface area contributed by atoms with Crippen molar-refractivity contribution in [1.82, 2.24) is 0 Å². The first-order valence-corrected chi connectivity index (χ1v) is 6.42. The average Bonchev–Trinajstić information content (AvgIpc) is 2.21. The third-order valence-electron chi connectivity index (χ3n) is 2.55. The summed E-state index contributed by atoms with van der Waals surface area (Å²) in [6, 6.07) is 6.15. The number of ether oxygens (including phenoxy) is 1. The molecule has 1 unspecified atom stereocenters. The molecule has 0 amide bonds. The van der Waals surface area contributed by atoms with Gasteiger partial charge in [0.2, 0.25) is 0 Å². The molecule has 0 fully saturated rings. The van der Waals surface area contributed by atoms with E-state index in [4.69, 9.17) is 10.00 Å². The van der Waals surface area contributed by atoms with Gasteiger partial charge in [-0.05, 0) is 37.0 Å². The van der Waals surface area contributed by atoms with Crippen molar-refractivity contribution in [2.75, 3.05) is 0 Å². The molecule has 0 spiro atoms. The number of halogens is 1. The van der Waals surface area contributed by atoms with E-state index in [0.29, 0.717) is 0 Å². The van der Waals surface area contributed by atoms with Crippen molar-refractivity contribution in [2.45, 2.75) is 46.1 Å². The van der Waals surface area contributed by atoms with Gasteiger partial charge in [0.05, 0.1) is 0 Å². The molecular weight excluding hydrogens is 278 g/mol. The van der Waals surface area contributed by atoms with E-state index in [0.717, 1.165) is 21.3 Å². The Labute approximate surface area is 112 Å². The summed E-state index contributed by atoms with van der Waals surface area (Å²) in [7, 11) is 0. The van der Waals surface area contributed by atoms with E-state index < -0.39 is 6.10 Å². The minimum Gasteiger partial charge on any atom is -0.476 e. The second-order valence-corrected chi connectivity index (χ2v) is 6.09. The summed E-state index contributed by atoms with van der Waals surface area (Å²) in [5, 5.41) is 8.83. The number of rotatable bonds is 2. The number of nitriles is 1. The molecule has 0 saturated heterocycles. The Morgan fingerprint density at radius 2 is 1.94 bits per heavy atom.